The Kier molecular flexibility index (Phi) is 5.05. The van der Waals surface area contributed by atoms with Crippen molar-refractivity contribution in [1.82, 2.24) is 4.90 Å². The third-order valence-corrected chi connectivity index (χ3v) is 2.99. The van der Waals surface area contributed by atoms with Crippen molar-refractivity contribution in [3.8, 4) is 0 Å². The van der Waals surface area contributed by atoms with Crippen molar-refractivity contribution in [1.29, 1.82) is 0 Å². The van der Waals surface area contributed by atoms with Gasteiger partial charge in [-0.05, 0) is 32.7 Å². The average molecular weight is 239 g/mol. The molecule has 16 heavy (non-hydrogen) atoms. The quantitative estimate of drug-likeness (QED) is 0.818. The van der Waals surface area contributed by atoms with Crippen molar-refractivity contribution in [2.75, 3.05) is 13.1 Å². The van der Waals surface area contributed by atoms with Crippen LogP contribution in [0.1, 0.15) is 39.0 Å². The maximum atomic E-state index is 12.4. The molecule has 0 saturated carbocycles. The molecule has 0 aromatic rings. The molecule has 1 aliphatic heterocycles. The Morgan fingerprint density at radius 2 is 2.00 bits per heavy atom. The van der Waals surface area contributed by atoms with Crippen LogP contribution in [-0.4, -0.2) is 41.4 Å². The number of halogens is 3. The van der Waals surface area contributed by atoms with E-state index >= 15 is 0 Å². The molecule has 1 N–H and O–H groups in total. The lowest BCUT2D eigenvalue weighted by atomic mass is 10.0. The van der Waals surface area contributed by atoms with E-state index in [0.29, 0.717) is 13.0 Å². The second kappa shape index (κ2) is 5.87. The first-order chi connectivity index (χ1) is 7.38. The van der Waals surface area contributed by atoms with Gasteiger partial charge < -0.3 is 5.11 Å². The lowest BCUT2D eigenvalue weighted by Crippen LogP contribution is -2.42. The molecular weight excluding hydrogens is 219 g/mol. The highest BCUT2D eigenvalue weighted by molar-refractivity contribution is 4.78. The molecule has 1 saturated heterocycles. The molecule has 2 atom stereocenters. The van der Waals surface area contributed by atoms with Gasteiger partial charge in [-0.3, -0.25) is 4.90 Å². The van der Waals surface area contributed by atoms with Gasteiger partial charge in [-0.25, -0.2) is 0 Å². The minimum Gasteiger partial charge on any atom is -0.393 e. The summed E-state index contributed by atoms with van der Waals surface area (Å²) < 4.78 is 37.1. The van der Waals surface area contributed by atoms with Crippen molar-refractivity contribution in [2.24, 2.45) is 0 Å². The van der Waals surface area contributed by atoms with Crippen molar-refractivity contribution in [2.45, 2.75) is 57.3 Å². The van der Waals surface area contributed by atoms with Crippen molar-refractivity contribution in [3.05, 3.63) is 0 Å². The van der Waals surface area contributed by atoms with Crippen LogP contribution in [0.2, 0.25) is 0 Å². The zero-order valence-electron chi connectivity index (χ0n) is 9.63. The largest absolute Gasteiger partial charge is 0.401 e. The Hall–Kier alpha value is -0.290. The maximum Gasteiger partial charge on any atom is 0.401 e. The molecule has 0 aromatic heterocycles. The topological polar surface area (TPSA) is 23.5 Å². The second-order valence-electron chi connectivity index (χ2n) is 4.67. The van der Waals surface area contributed by atoms with Crippen LogP contribution in [0.4, 0.5) is 13.2 Å². The highest BCUT2D eigenvalue weighted by Crippen LogP contribution is 2.25. The fourth-order valence-electron chi connectivity index (χ4n) is 2.34. The fraction of sp³-hybridized carbons (Fsp3) is 1.00. The van der Waals surface area contributed by atoms with Crippen molar-refractivity contribution in [3.63, 3.8) is 0 Å². The zero-order valence-corrected chi connectivity index (χ0v) is 9.63. The Labute approximate surface area is 94.4 Å². The third-order valence-electron chi connectivity index (χ3n) is 2.99. The first-order valence-electron chi connectivity index (χ1n) is 5.87. The SMILES string of the molecule is CC(O)CC1CCCCCN1CC(F)(F)F. The molecule has 1 rings (SSSR count). The molecule has 0 radical (unpaired) electrons. The normalized spacial score (nSPS) is 26.4. The van der Waals surface area contributed by atoms with Gasteiger partial charge in [-0.2, -0.15) is 13.2 Å². The summed E-state index contributed by atoms with van der Waals surface area (Å²) in [5, 5.41) is 9.30. The number of alkyl halides is 3. The standard InChI is InChI=1S/C11H20F3NO/c1-9(16)7-10-5-3-2-4-6-15(10)8-11(12,13)14/h9-10,16H,2-8H2,1H3. The third kappa shape index (κ3) is 5.16. The molecule has 1 heterocycles. The summed E-state index contributed by atoms with van der Waals surface area (Å²) in [5.74, 6) is 0. The van der Waals surface area contributed by atoms with Gasteiger partial charge in [-0.1, -0.05) is 12.8 Å². The first-order valence-corrected chi connectivity index (χ1v) is 5.87. The lowest BCUT2D eigenvalue weighted by molar-refractivity contribution is -0.151. The molecule has 0 spiro atoms. The van der Waals surface area contributed by atoms with Crippen LogP contribution in [0, 0.1) is 0 Å². The number of rotatable bonds is 3. The Morgan fingerprint density at radius 1 is 1.31 bits per heavy atom. The maximum absolute atomic E-state index is 12.4. The summed E-state index contributed by atoms with van der Waals surface area (Å²) in [4.78, 5) is 1.49. The molecule has 0 aromatic carbocycles. The predicted molar refractivity (Wildman–Crippen MR) is 56.2 cm³/mol. The fourth-order valence-corrected chi connectivity index (χ4v) is 2.34. The Morgan fingerprint density at radius 3 is 2.56 bits per heavy atom. The molecule has 0 aliphatic carbocycles. The molecule has 0 bridgehead atoms. The minimum absolute atomic E-state index is 0.121. The number of nitrogens with zero attached hydrogens (tertiary/aromatic N) is 1. The van der Waals surface area contributed by atoms with Gasteiger partial charge in [0.05, 0.1) is 12.6 Å². The summed E-state index contributed by atoms with van der Waals surface area (Å²) in [5.41, 5.74) is 0. The Bertz CT molecular complexity index is 206. The number of aliphatic hydroxyl groups excluding tert-OH is 1. The van der Waals surface area contributed by atoms with Gasteiger partial charge in [0.2, 0.25) is 0 Å². The van der Waals surface area contributed by atoms with E-state index in [2.05, 4.69) is 0 Å². The number of hydrogen-bond acceptors (Lipinski definition) is 2. The van der Waals surface area contributed by atoms with Gasteiger partial charge >= 0.3 is 6.18 Å². The van der Waals surface area contributed by atoms with E-state index in [4.69, 9.17) is 0 Å². The summed E-state index contributed by atoms with van der Waals surface area (Å²) in [6.07, 6.45) is -0.681. The van der Waals surface area contributed by atoms with E-state index < -0.39 is 18.8 Å². The molecule has 1 fully saturated rings. The van der Waals surface area contributed by atoms with Crippen LogP contribution in [-0.2, 0) is 0 Å². The molecular formula is C11H20F3NO. The predicted octanol–water partition coefficient (Wildman–Crippen LogP) is 2.56. The van der Waals surface area contributed by atoms with Gasteiger partial charge in [0.1, 0.15) is 0 Å². The number of aliphatic hydroxyl groups is 1. The van der Waals surface area contributed by atoms with Gasteiger partial charge in [0, 0.05) is 6.04 Å². The van der Waals surface area contributed by atoms with Crippen LogP contribution in [0.25, 0.3) is 0 Å². The Balaban J connectivity index is 2.58. The van der Waals surface area contributed by atoms with Crippen LogP contribution in [0.3, 0.4) is 0 Å². The summed E-state index contributed by atoms with van der Waals surface area (Å²) >= 11 is 0. The van der Waals surface area contributed by atoms with E-state index in [9.17, 15) is 18.3 Å². The smallest absolute Gasteiger partial charge is 0.393 e. The van der Waals surface area contributed by atoms with Crippen LogP contribution in [0.15, 0.2) is 0 Å². The van der Waals surface area contributed by atoms with Crippen LogP contribution in [0.5, 0.6) is 0 Å². The van der Waals surface area contributed by atoms with Gasteiger partial charge in [0.25, 0.3) is 0 Å². The van der Waals surface area contributed by atoms with Gasteiger partial charge in [-0.15, -0.1) is 0 Å². The molecule has 5 heteroatoms. The van der Waals surface area contributed by atoms with E-state index in [1.165, 1.54) is 4.90 Å². The molecule has 1 aliphatic rings. The lowest BCUT2D eigenvalue weighted by Gasteiger charge is -2.31. The van der Waals surface area contributed by atoms with Crippen LogP contribution >= 0.6 is 0 Å². The molecule has 0 amide bonds. The van der Waals surface area contributed by atoms with Gasteiger partial charge in [0.15, 0.2) is 0 Å². The number of hydrogen-bond donors (Lipinski definition) is 1. The highest BCUT2D eigenvalue weighted by atomic mass is 19.4. The average Bonchev–Trinajstić information content (AvgIpc) is 2.28. The second-order valence-corrected chi connectivity index (χ2v) is 4.67. The summed E-state index contributed by atoms with van der Waals surface area (Å²) in [6.45, 7) is 1.29. The monoisotopic (exact) mass is 239 g/mol. The minimum atomic E-state index is -4.14. The van der Waals surface area contributed by atoms with E-state index in [1.54, 1.807) is 6.92 Å². The molecule has 2 unspecified atom stereocenters. The van der Waals surface area contributed by atoms with E-state index in [1.807, 2.05) is 0 Å². The molecule has 2 nitrogen and oxygen atoms in total. The van der Waals surface area contributed by atoms with E-state index in [-0.39, 0.29) is 6.04 Å². The van der Waals surface area contributed by atoms with Crippen molar-refractivity contribution < 1.29 is 18.3 Å². The highest BCUT2D eigenvalue weighted by Gasteiger charge is 2.34. The van der Waals surface area contributed by atoms with Crippen LogP contribution < -0.4 is 0 Å². The number of likely N-dealkylation sites (tertiary alicyclic amines) is 1. The molecule has 96 valence electrons. The summed E-state index contributed by atoms with van der Waals surface area (Å²) in [7, 11) is 0. The van der Waals surface area contributed by atoms with E-state index in [0.717, 1.165) is 25.7 Å². The van der Waals surface area contributed by atoms with Crippen molar-refractivity contribution >= 4 is 0 Å². The zero-order chi connectivity index (χ0) is 12.2. The first kappa shape index (κ1) is 13.8. The summed E-state index contributed by atoms with van der Waals surface area (Å²) in [6, 6.07) is -0.121.